The van der Waals surface area contributed by atoms with Gasteiger partial charge in [0.1, 0.15) is 5.75 Å². The number of thioether (sulfide) groups is 1. The Morgan fingerprint density at radius 3 is 2.34 bits per heavy atom. The predicted octanol–water partition coefficient (Wildman–Crippen LogP) is 3.65. The Bertz CT molecular complexity index is 1000. The highest BCUT2D eigenvalue weighted by molar-refractivity contribution is 7.99. The number of carbonyl (C=O) groups excluding carboxylic acids is 3. The van der Waals surface area contributed by atoms with Crippen molar-refractivity contribution in [3.05, 3.63) is 47.7 Å². The number of hydrogen-bond donors (Lipinski definition) is 0. The molecule has 0 unspecified atom stereocenters. The van der Waals surface area contributed by atoms with Crippen LogP contribution in [0.2, 0.25) is 5.02 Å². The van der Waals surface area contributed by atoms with E-state index in [2.05, 4.69) is 4.98 Å². The van der Waals surface area contributed by atoms with Gasteiger partial charge in [-0.15, -0.1) is 11.8 Å². The summed E-state index contributed by atoms with van der Waals surface area (Å²) in [6.07, 6.45) is 0.405. The van der Waals surface area contributed by atoms with Crippen LogP contribution in [0.4, 0.5) is 0 Å². The zero-order valence-electron chi connectivity index (χ0n) is 17.6. The SMILES string of the molecule is CC(=O)O[C@@H]1[C@@H](OC(C)=O)[C@@H](Oc2cccc(-c3ccncc3Cl)c2)SC[C@H]1OC(C)=O. The summed E-state index contributed by atoms with van der Waals surface area (Å²) in [5.74, 6) is -0.921. The third-order valence-corrected chi connectivity index (χ3v) is 5.99. The smallest absolute Gasteiger partial charge is 0.303 e. The van der Waals surface area contributed by atoms with Gasteiger partial charge in [0.05, 0.1) is 5.02 Å². The molecule has 2 aromatic rings. The number of esters is 3. The summed E-state index contributed by atoms with van der Waals surface area (Å²) in [7, 11) is 0. The van der Waals surface area contributed by atoms with E-state index in [4.69, 9.17) is 30.5 Å². The molecule has 0 aliphatic carbocycles. The minimum Gasteiger partial charge on any atom is -0.476 e. The Kier molecular flexibility index (Phi) is 7.98. The Hall–Kier alpha value is -2.78. The molecule has 3 rings (SSSR count). The quantitative estimate of drug-likeness (QED) is 0.453. The summed E-state index contributed by atoms with van der Waals surface area (Å²) in [5, 5.41) is 0.494. The highest BCUT2D eigenvalue weighted by atomic mass is 35.5. The van der Waals surface area contributed by atoms with Gasteiger partial charge in [0.25, 0.3) is 0 Å². The van der Waals surface area contributed by atoms with E-state index < -0.39 is 41.7 Å². The van der Waals surface area contributed by atoms with E-state index in [-0.39, 0.29) is 5.75 Å². The van der Waals surface area contributed by atoms with Crippen molar-refractivity contribution in [3.8, 4) is 16.9 Å². The molecular weight excluding hydrogens is 458 g/mol. The van der Waals surface area contributed by atoms with Crippen LogP contribution in [0.1, 0.15) is 20.8 Å². The zero-order chi connectivity index (χ0) is 23.3. The van der Waals surface area contributed by atoms with Crippen LogP contribution in [0.25, 0.3) is 11.1 Å². The molecule has 0 saturated carbocycles. The molecule has 32 heavy (non-hydrogen) atoms. The van der Waals surface area contributed by atoms with E-state index in [0.29, 0.717) is 10.8 Å². The van der Waals surface area contributed by atoms with Gasteiger partial charge in [-0.3, -0.25) is 19.4 Å². The second-order valence-corrected chi connectivity index (χ2v) is 8.54. The molecule has 4 atom stereocenters. The maximum atomic E-state index is 11.8. The highest BCUT2D eigenvalue weighted by Gasteiger charge is 2.47. The van der Waals surface area contributed by atoms with Gasteiger partial charge >= 0.3 is 17.9 Å². The number of pyridine rings is 1. The van der Waals surface area contributed by atoms with Gasteiger partial charge in [-0.05, 0) is 23.8 Å². The molecule has 0 radical (unpaired) electrons. The van der Waals surface area contributed by atoms with E-state index >= 15 is 0 Å². The van der Waals surface area contributed by atoms with E-state index in [0.717, 1.165) is 11.1 Å². The number of carbonyl (C=O) groups is 3. The van der Waals surface area contributed by atoms with Crippen LogP contribution in [-0.4, -0.2) is 52.4 Å². The van der Waals surface area contributed by atoms with E-state index in [1.165, 1.54) is 32.5 Å². The van der Waals surface area contributed by atoms with Gasteiger partial charge in [-0.2, -0.15) is 0 Å². The van der Waals surface area contributed by atoms with E-state index in [9.17, 15) is 14.4 Å². The molecule has 1 aliphatic rings. The first kappa shape index (κ1) is 23.9. The Morgan fingerprint density at radius 2 is 1.69 bits per heavy atom. The first-order chi connectivity index (χ1) is 15.2. The van der Waals surface area contributed by atoms with Crippen LogP contribution in [-0.2, 0) is 28.6 Å². The van der Waals surface area contributed by atoms with Crippen molar-refractivity contribution in [1.29, 1.82) is 0 Å². The van der Waals surface area contributed by atoms with Crippen molar-refractivity contribution < 1.29 is 33.3 Å². The number of benzene rings is 1. The number of hydrogen-bond acceptors (Lipinski definition) is 9. The summed E-state index contributed by atoms with van der Waals surface area (Å²) in [6, 6.07) is 9.03. The monoisotopic (exact) mass is 479 g/mol. The summed E-state index contributed by atoms with van der Waals surface area (Å²) in [6.45, 7) is 3.73. The molecular formula is C22H22ClNO7S. The van der Waals surface area contributed by atoms with Gasteiger partial charge in [0.15, 0.2) is 23.7 Å². The molecule has 8 nitrogen and oxygen atoms in total. The Labute approximate surface area is 194 Å². The lowest BCUT2D eigenvalue weighted by Crippen LogP contribution is -2.55. The lowest BCUT2D eigenvalue weighted by molar-refractivity contribution is -0.186. The van der Waals surface area contributed by atoms with Crippen molar-refractivity contribution in [2.45, 2.75) is 44.5 Å². The van der Waals surface area contributed by atoms with Crippen molar-refractivity contribution in [2.24, 2.45) is 0 Å². The molecule has 1 fully saturated rings. The molecule has 0 amide bonds. The molecule has 0 spiro atoms. The number of ether oxygens (including phenoxy) is 4. The lowest BCUT2D eigenvalue weighted by atomic mass is 10.1. The number of nitrogens with zero attached hydrogens (tertiary/aromatic N) is 1. The average molecular weight is 480 g/mol. The molecule has 2 heterocycles. The predicted molar refractivity (Wildman–Crippen MR) is 118 cm³/mol. The zero-order valence-corrected chi connectivity index (χ0v) is 19.2. The van der Waals surface area contributed by atoms with Crippen LogP contribution in [0, 0.1) is 0 Å². The fourth-order valence-electron chi connectivity index (χ4n) is 3.29. The molecule has 10 heteroatoms. The number of rotatable bonds is 6. The summed E-state index contributed by atoms with van der Waals surface area (Å²) in [5.41, 5.74) is 0.889. The molecule has 0 bridgehead atoms. The fraction of sp³-hybridized carbons (Fsp3) is 0.364. The molecule has 1 aromatic heterocycles. The normalized spacial score (nSPS) is 22.5. The average Bonchev–Trinajstić information content (AvgIpc) is 2.72. The topological polar surface area (TPSA) is 101 Å². The van der Waals surface area contributed by atoms with Gasteiger partial charge in [-0.1, -0.05) is 23.7 Å². The number of halogens is 1. The number of aromatic nitrogens is 1. The maximum Gasteiger partial charge on any atom is 0.303 e. The molecule has 0 N–H and O–H groups in total. The van der Waals surface area contributed by atoms with Gasteiger partial charge in [0.2, 0.25) is 0 Å². The van der Waals surface area contributed by atoms with Crippen LogP contribution in [0.5, 0.6) is 5.75 Å². The van der Waals surface area contributed by atoms with Gasteiger partial charge < -0.3 is 18.9 Å². The first-order valence-electron chi connectivity index (χ1n) is 9.74. The van der Waals surface area contributed by atoms with E-state index in [1.807, 2.05) is 6.07 Å². The van der Waals surface area contributed by atoms with Crippen LogP contribution in [0.3, 0.4) is 0 Å². The van der Waals surface area contributed by atoms with Crippen molar-refractivity contribution >= 4 is 41.3 Å². The largest absolute Gasteiger partial charge is 0.476 e. The van der Waals surface area contributed by atoms with Crippen molar-refractivity contribution in [1.82, 2.24) is 4.98 Å². The van der Waals surface area contributed by atoms with Crippen LogP contribution in [0.15, 0.2) is 42.7 Å². The third-order valence-electron chi connectivity index (χ3n) is 4.47. The molecule has 1 aromatic carbocycles. The van der Waals surface area contributed by atoms with Crippen molar-refractivity contribution in [2.75, 3.05) is 5.75 Å². The van der Waals surface area contributed by atoms with Gasteiger partial charge in [-0.25, -0.2) is 0 Å². The minimum atomic E-state index is -1.01. The lowest BCUT2D eigenvalue weighted by Gasteiger charge is -2.39. The highest BCUT2D eigenvalue weighted by Crippen LogP contribution is 2.36. The standard InChI is InChI=1S/C22H22ClNO7S/c1-12(25)28-19-11-32-22(21(30-14(3)27)20(19)29-13(2)26)31-16-6-4-5-15(9-16)17-7-8-24-10-18(17)23/h4-10,19-22H,11H2,1-3H3/t19-,20+,21-,22+/m1/s1. The summed E-state index contributed by atoms with van der Waals surface area (Å²) >= 11 is 7.54. The second kappa shape index (κ2) is 10.7. The minimum absolute atomic E-state index is 0.288. The molecule has 1 saturated heterocycles. The summed E-state index contributed by atoms with van der Waals surface area (Å²) < 4.78 is 22.3. The molecule has 1 aliphatic heterocycles. The Balaban J connectivity index is 1.88. The van der Waals surface area contributed by atoms with Crippen LogP contribution >= 0.6 is 23.4 Å². The second-order valence-electron chi connectivity index (χ2n) is 7.00. The third kappa shape index (κ3) is 6.14. The van der Waals surface area contributed by atoms with Gasteiger partial charge in [0, 0.05) is 44.5 Å². The maximum absolute atomic E-state index is 11.8. The fourth-order valence-corrected chi connectivity index (χ4v) is 4.74. The van der Waals surface area contributed by atoms with Crippen LogP contribution < -0.4 is 4.74 Å². The molecule has 170 valence electrons. The van der Waals surface area contributed by atoms with Crippen molar-refractivity contribution in [3.63, 3.8) is 0 Å². The Morgan fingerprint density at radius 1 is 1.00 bits per heavy atom. The van der Waals surface area contributed by atoms with E-state index in [1.54, 1.807) is 36.7 Å². The summed E-state index contributed by atoms with van der Waals surface area (Å²) in [4.78, 5) is 39.0. The first-order valence-corrected chi connectivity index (χ1v) is 11.2.